The van der Waals surface area contributed by atoms with Crippen molar-refractivity contribution in [1.82, 2.24) is 0 Å². The number of hydrogen-bond acceptors (Lipinski definition) is 2. The summed E-state index contributed by atoms with van der Waals surface area (Å²) in [7, 11) is 0. The second kappa shape index (κ2) is 8.25. The Hall–Kier alpha value is -5.02. The number of benzene rings is 6. The quantitative estimate of drug-likeness (QED) is 0.213. The van der Waals surface area contributed by atoms with E-state index in [-0.39, 0.29) is 6.71 Å². The zero-order valence-electron chi connectivity index (χ0n) is 23.0. The van der Waals surface area contributed by atoms with Crippen molar-refractivity contribution >= 4 is 62.1 Å². The molecule has 2 aliphatic rings. The van der Waals surface area contributed by atoms with Gasteiger partial charge in [-0.15, -0.1) is 0 Å². The van der Waals surface area contributed by atoms with E-state index in [1.807, 2.05) is 12.1 Å². The standard InChI is InChI=1S/C38H26BNO/c1-23-8-7-9-27(18-23)40-34-19-24(2)14-17-33(34)39-32-12-5-3-10-28(32)31-20-26(21-35(40)38(31)39)25-15-16-30-29-11-4-6-13-36(29)41-37(30)22-25/h3-22H,1-2H3. The van der Waals surface area contributed by atoms with Crippen LogP contribution in [-0.4, -0.2) is 6.71 Å². The van der Waals surface area contributed by atoms with Crippen LogP contribution in [-0.2, 0) is 0 Å². The van der Waals surface area contributed by atoms with Crippen molar-refractivity contribution in [3.8, 4) is 22.3 Å². The zero-order valence-corrected chi connectivity index (χ0v) is 23.0. The number of hydrogen-bond donors (Lipinski definition) is 0. The van der Waals surface area contributed by atoms with Gasteiger partial charge in [-0.25, -0.2) is 0 Å². The maximum absolute atomic E-state index is 6.30. The first-order valence-electron chi connectivity index (χ1n) is 14.3. The zero-order chi connectivity index (χ0) is 27.2. The van der Waals surface area contributed by atoms with Gasteiger partial charge in [0.1, 0.15) is 11.2 Å². The first kappa shape index (κ1) is 22.8. The molecule has 3 heteroatoms. The minimum absolute atomic E-state index is 0.222. The summed E-state index contributed by atoms with van der Waals surface area (Å²) in [5, 5.41) is 2.32. The molecule has 0 atom stereocenters. The lowest BCUT2D eigenvalue weighted by atomic mass is 9.37. The van der Waals surface area contributed by atoms with Gasteiger partial charge in [-0.05, 0) is 107 Å². The Morgan fingerprint density at radius 3 is 2.29 bits per heavy atom. The molecule has 2 aliphatic heterocycles. The van der Waals surface area contributed by atoms with Crippen LogP contribution in [0.2, 0.25) is 0 Å². The number of furan rings is 1. The normalized spacial score (nSPS) is 13.0. The van der Waals surface area contributed by atoms with Gasteiger partial charge >= 0.3 is 0 Å². The smallest absolute Gasteiger partial charge is 0.248 e. The van der Waals surface area contributed by atoms with Gasteiger partial charge in [0.25, 0.3) is 0 Å². The van der Waals surface area contributed by atoms with Crippen molar-refractivity contribution in [2.75, 3.05) is 4.90 Å². The summed E-state index contributed by atoms with van der Waals surface area (Å²) in [6.07, 6.45) is 0. The average Bonchev–Trinajstić information content (AvgIpc) is 3.53. The molecule has 0 amide bonds. The molecule has 192 valence electrons. The van der Waals surface area contributed by atoms with E-state index < -0.39 is 0 Å². The van der Waals surface area contributed by atoms with E-state index in [9.17, 15) is 0 Å². The third-order valence-corrected chi connectivity index (χ3v) is 8.96. The molecular formula is C38H26BNO. The Balaban J connectivity index is 1.35. The van der Waals surface area contributed by atoms with E-state index >= 15 is 0 Å². The topological polar surface area (TPSA) is 16.4 Å². The Kier molecular flexibility index (Phi) is 4.58. The number of aryl methyl sites for hydroxylation is 2. The lowest BCUT2D eigenvalue weighted by molar-refractivity contribution is 0.669. The fourth-order valence-electron chi connectivity index (χ4n) is 7.16. The van der Waals surface area contributed by atoms with E-state index in [0.29, 0.717) is 0 Å². The summed E-state index contributed by atoms with van der Waals surface area (Å²) in [5.41, 5.74) is 17.3. The lowest BCUT2D eigenvalue weighted by Crippen LogP contribution is -2.54. The number of rotatable bonds is 2. The summed E-state index contributed by atoms with van der Waals surface area (Å²) < 4.78 is 6.30. The molecule has 6 aromatic carbocycles. The predicted octanol–water partition coefficient (Wildman–Crippen LogP) is 8.15. The van der Waals surface area contributed by atoms with Crippen molar-refractivity contribution in [3.63, 3.8) is 0 Å². The molecule has 0 N–H and O–H groups in total. The monoisotopic (exact) mass is 523 g/mol. The molecule has 7 aromatic rings. The maximum Gasteiger partial charge on any atom is 0.248 e. The van der Waals surface area contributed by atoms with E-state index in [2.05, 4.69) is 128 Å². The molecule has 0 bridgehead atoms. The van der Waals surface area contributed by atoms with E-state index in [4.69, 9.17) is 4.42 Å². The maximum atomic E-state index is 6.30. The first-order valence-corrected chi connectivity index (χ1v) is 14.3. The number of anilines is 3. The van der Waals surface area contributed by atoms with Crippen molar-refractivity contribution in [3.05, 3.63) is 132 Å². The summed E-state index contributed by atoms with van der Waals surface area (Å²) in [5.74, 6) is 0. The summed E-state index contributed by atoms with van der Waals surface area (Å²) in [6.45, 7) is 4.59. The predicted molar refractivity (Wildman–Crippen MR) is 173 cm³/mol. The Morgan fingerprint density at radius 2 is 1.37 bits per heavy atom. The molecule has 9 rings (SSSR count). The molecule has 0 spiro atoms. The number of para-hydroxylation sites is 1. The highest BCUT2D eigenvalue weighted by Crippen LogP contribution is 2.43. The summed E-state index contributed by atoms with van der Waals surface area (Å²) in [6, 6.07) is 44.5. The Labute approximate surface area is 239 Å². The minimum Gasteiger partial charge on any atom is -0.456 e. The third kappa shape index (κ3) is 3.20. The van der Waals surface area contributed by atoms with Crippen LogP contribution in [0.3, 0.4) is 0 Å². The molecule has 0 aliphatic carbocycles. The fraction of sp³-hybridized carbons (Fsp3) is 0.0526. The molecule has 0 fully saturated rings. The highest BCUT2D eigenvalue weighted by Gasteiger charge is 2.42. The Bertz CT molecular complexity index is 2210. The van der Waals surface area contributed by atoms with Gasteiger partial charge in [-0.3, -0.25) is 0 Å². The van der Waals surface area contributed by atoms with E-state index in [1.54, 1.807) is 0 Å². The summed E-state index contributed by atoms with van der Waals surface area (Å²) in [4.78, 5) is 2.49. The first-order chi connectivity index (χ1) is 20.1. The number of fused-ring (bicyclic) bond motifs is 8. The SMILES string of the molecule is Cc1cccc(N2c3cc(C)ccc3B3c4ccccc4-c4cc(-c5ccc6c(c5)oc5ccccc56)cc2c43)c1. The van der Waals surface area contributed by atoms with Gasteiger partial charge in [0.15, 0.2) is 0 Å². The second-order valence-corrected chi connectivity index (χ2v) is 11.5. The van der Waals surface area contributed by atoms with Gasteiger partial charge in [0.05, 0.1) is 0 Å². The van der Waals surface area contributed by atoms with Gasteiger partial charge in [0, 0.05) is 27.8 Å². The van der Waals surface area contributed by atoms with E-state index in [1.165, 1.54) is 61.3 Å². The highest BCUT2D eigenvalue weighted by molar-refractivity contribution is 7.01. The van der Waals surface area contributed by atoms with Gasteiger partial charge in [-0.1, -0.05) is 78.3 Å². The molecular weight excluding hydrogens is 497 g/mol. The summed E-state index contributed by atoms with van der Waals surface area (Å²) >= 11 is 0. The third-order valence-electron chi connectivity index (χ3n) is 8.96. The van der Waals surface area contributed by atoms with Gasteiger partial charge in [-0.2, -0.15) is 0 Å². The van der Waals surface area contributed by atoms with Crippen LogP contribution in [0.4, 0.5) is 17.1 Å². The van der Waals surface area contributed by atoms with Crippen molar-refractivity contribution in [2.24, 2.45) is 0 Å². The second-order valence-electron chi connectivity index (χ2n) is 11.5. The van der Waals surface area contributed by atoms with E-state index in [0.717, 1.165) is 27.5 Å². The van der Waals surface area contributed by atoms with Crippen LogP contribution in [0, 0.1) is 13.8 Å². The van der Waals surface area contributed by atoms with Gasteiger partial charge in [0.2, 0.25) is 6.71 Å². The molecule has 0 saturated carbocycles. The molecule has 0 saturated heterocycles. The molecule has 1 aromatic heterocycles. The Morgan fingerprint density at radius 1 is 0.537 bits per heavy atom. The fourth-order valence-corrected chi connectivity index (χ4v) is 7.16. The van der Waals surface area contributed by atoms with Crippen LogP contribution in [0.25, 0.3) is 44.2 Å². The van der Waals surface area contributed by atoms with Crippen molar-refractivity contribution in [2.45, 2.75) is 13.8 Å². The molecule has 41 heavy (non-hydrogen) atoms. The van der Waals surface area contributed by atoms with Crippen LogP contribution in [0.1, 0.15) is 11.1 Å². The van der Waals surface area contributed by atoms with Crippen LogP contribution in [0.15, 0.2) is 126 Å². The average molecular weight is 523 g/mol. The lowest BCUT2D eigenvalue weighted by Gasteiger charge is -2.36. The molecule has 0 unspecified atom stereocenters. The highest BCUT2D eigenvalue weighted by atomic mass is 16.3. The van der Waals surface area contributed by atoms with Crippen LogP contribution >= 0.6 is 0 Å². The molecule has 0 radical (unpaired) electrons. The largest absolute Gasteiger partial charge is 0.456 e. The minimum atomic E-state index is 0.222. The van der Waals surface area contributed by atoms with Gasteiger partial charge < -0.3 is 9.32 Å². The van der Waals surface area contributed by atoms with Crippen LogP contribution < -0.4 is 21.3 Å². The van der Waals surface area contributed by atoms with Crippen LogP contribution in [0.5, 0.6) is 0 Å². The van der Waals surface area contributed by atoms with Crippen molar-refractivity contribution < 1.29 is 4.42 Å². The molecule has 3 heterocycles. The number of nitrogens with zero attached hydrogens (tertiary/aromatic N) is 1. The molecule has 2 nitrogen and oxygen atoms in total. The van der Waals surface area contributed by atoms with Crippen molar-refractivity contribution in [1.29, 1.82) is 0 Å².